The topological polar surface area (TPSA) is 86.8 Å². The normalized spacial score (nSPS) is 12.0. The smallest absolute Gasteiger partial charge is 0.244 e. The Labute approximate surface area is 228 Å². The highest BCUT2D eigenvalue weighted by Gasteiger charge is 2.33. The van der Waals surface area contributed by atoms with Crippen LogP contribution in [0.3, 0.4) is 0 Å². The molecule has 7 nitrogen and oxygen atoms in total. The lowest BCUT2D eigenvalue weighted by Crippen LogP contribution is -2.53. The number of sulfonamides is 1. The number of nitrogens with zero attached hydrogens (tertiary/aromatic N) is 2. The van der Waals surface area contributed by atoms with Crippen LogP contribution in [0.25, 0.3) is 0 Å². The monoisotopic (exact) mass is 559 g/mol. The third-order valence-corrected chi connectivity index (χ3v) is 7.59. The average Bonchev–Trinajstić information content (AvgIpc) is 2.87. The highest BCUT2D eigenvalue weighted by molar-refractivity contribution is 7.92. The quantitative estimate of drug-likeness (QED) is 0.379. The van der Waals surface area contributed by atoms with Crippen molar-refractivity contribution in [2.75, 3.05) is 23.7 Å². The molecule has 0 saturated heterocycles. The Bertz CT molecular complexity index is 1390. The van der Waals surface area contributed by atoms with Crippen LogP contribution in [0.4, 0.5) is 10.1 Å². The van der Waals surface area contributed by atoms with Crippen molar-refractivity contribution < 1.29 is 22.4 Å². The maximum Gasteiger partial charge on any atom is 0.244 e. The van der Waals surface area contributed by atoms with Crippen molar-refractivity contribution in [3.8, 4) is 0 Å². The Kier molecular flexibility index (Phi) is 9.88. The molecule has 1 atom stereocenters. The number of hydrogen-bond acceptors (Lipinski definition) is 4. The van der Waals surface area contributed by atoms with Crippen molar-refractivity contribution in [2.45, 2.75) is 32.9 Å². The number of benzene rings is 3. The van der Waals surface area contributed by atoms with Crippen LogP contribution in [-0.2, 0) is 32.6 Å². The molecular formula is C28H31ClFN3O4S. The molecule has 202 valence electrons. The van der Waals surface area contributed by atoms with Crippen molar-refractivity contribution >= 4 is 39.1 Å². The summed E-state index contributed by atoms with van der Waals surface area (Å²) < 4.78 is 41.2. The Morgan fingerprint density at radius 3 is 2.29 bits per heavy atom. The molecule has 2 amide bonds. The molecule has 0 spiro atoms. The predicted octanol–water partition coefficient (Wildman–Crippen LogP) is 4.33. The summed E-state index contributed by atoms with van der Waals surface area (Å²) in [6.07, 6.45) is 1.14. The van der Waals surface area contributed by atoms with Gasteiger partial charge >= 0.3 is 0 Å². The Balaban J connectivity index is 2.06. The molecule has 0 aliphatic rings. The largest absolute Gasteiger partial charge is 0.355 e. The van der Waals surface area contributed by atoms with Crippen molar-refractivity contribution in [1.29, 1.82) is 0 Å². The molecule has 0 heterocycles. The van der Waals surface area contributed by atoms with E-state index in [1.807, 2.05) is 30.3 Å². The van der Waals surface area contributed by atoms with Crippen LogP contribution >= 0.6 is 11.6 Å². The molecule has 0 aliphatic carbocycles. The average molecular weight is 560 g/mol. The summed E-state index contributed by atoms with van der Waals surface area (Å²) in [5.41, 5.74) is 1.95. The van der Waals surface area contributed by atoms with Gasteiger partial charge in [0.2, 0.25) is 21.8 Å². The third-order valence-electron chi connectivity index (χ3n) is 6.04. The summed E-state index contributed by atoms with van der Waals surface area (Å²) in [6, 6.07) is 18.8. The van der Waals surface area contributed by atoms with Gasteiger partial charge < -0.3 is 10.2 Å². The summed E-state index contributed by atoms with van der Waals surface area (Å²) in [5, 5.41) is 3.10. The molecule has 0 bridgehead atoms. The summed E-state index contributed by atoms with van der Waals surface area (Å²) >= 11 is 6.24. The van der Waals surface area contributed by atoms with Crippen molar-refractivity contribution in [3.63, 3.8) is 0 Å². The Hall–Kier alpha value is -3.43. The fourth-order valence-corrected chi connectivity index (χ4v) is 5.02. The van der Waals surface area contributed by atoms with Crippen LogP contribution in [-0.4, -0.2) is 50.5 Å². The van der Waals surface area contributed by atoms with Gasteiger partial charge in [-0.3, -0.25) is 13.9 Å². The second-order valence-corrected chi connectivity index (χ2v) is 11.2. The molecule has 0 saturated carbocycles. The number of nitrogens with one attached hydrogen (secondary N) is 1. The fraction of sp³-hybridized carbons (Fsp3) is 0.286. The number of carbonyl (C=O) groups is 2. The minimum atomic E-state index is -3.92. The summed E-state index contributed by atoms with van der Waals surface area (Å²) in [7, 11) is -3.92. The van der Waals surface area contributed by atoms with Crippen LogP contribution < -0.4 is 9.62 Å². The minimum Gasteiger partial charge on any atom is -0.355 e. The number of anilines is 1. The Morgan fingerprint density at radius 1 is 1.03 bits per heavy atom. The van der Waals surface area contributed by atoms with E-state index in [9.17, 15) is 22.4 Å². The second-order valence-electron chi connectivity index (χ2n) is 8.92. The molecule has 0 aromatic heterocycles. The first-order valence-corrected chi connectivity index (χ1v) is 14.3. The standard InChI is InChI=1S/C28H31ClFN3O4S/c1-4-31-28(35)26(16-21-10-6-5-7-11-21)32(18-22-12-8-9-13-25(22)30)27(34)19-33(38(3,36)37)23-15-14-20(2)24(29)17-23/h5-15,17,26H,4,16,18-19H2,1-3H3,(H,31,35). The lowest BCUT2D eigenvalue weighted by atomic mass is 10.0. The van der Waals surface area contributed by atoms with Gasteiger partial charge in [-0.15, -0.1) is 0 Å². The van der Waals surface area contributed by atoms with Gasteiger partial charge in [-0.05, 0) is 43.2 Å². The number of amides is 2. The van der Waals surface area contributed by atoms with Gasteiger partial charge in [0.1, 0.15) is 18.4 Å². The van der Waals surface area contributed by atoms with E-state index in [1.165, 1.54) is 29.2 Å². The maximum absolute atomic E-state index is 14.7. The lowest BCUT2D eigenvalue weighted by Gasteiger charge is -2.33. The highest BCUT2D eigenvalue weighted by Crippen LogP contribution is 2.26. The van der Waals surface area contributed by atoms with Crippen molar-refractivity contribution in [2.24, 2.45) is 0 Å². The zero-order chi connectivity index (χ0) is 27.9. The van der Waals surface area contributed by atoms with Gasteiger partial charge in [-0.25, -0.2) is 12.8 Å². The van der Waals surface area contributed by atoms with Gasteiger partial charge in [0, 0.05) is 30.1 Å². The molecule has 3 rings (SSSR count). The molecule has 1 unspecified atom stereocenters. The zero-order valence-corrected chi connectivity index (χ0v) is 23.1. The number of hydrogen-bond donors (Lipinski definition) is 1. The lowest BCUT2D eigenvalue weighted by molar-refractivity contribution is -0.140. The van der Waals surface area contributed by atoms with Crippen LogP contribution in [0.5, 0.6) is 0 Å². The molecule has 0 radical (unpaired) electrons. The molecule has 10 heteroatoms. The van der Waals surface area contributed by atoms with Crippen LogP contribution in [0, 0.1) is 12.7 Å². The molecule has 0 fully saturated rings. The number of aryl methyl sites for hydroxylation is 1. The van der Waals surface area contributed by atoms with Crippen LogP contribution in [0.1, 0.15) is 23.6 Å². The first kappa shape index (κ1) is 29.1. The summed E-state index contributed by atoms with van der Waals surface area (Å²) in [6.45, 7) is 3.03. The SMILES string of the molecule is CCNC(=O)C(Cc1ccccc1)N(Cc1ccccc1F)C(=O)CN(c1ccc(C)c(Cl)c1)S(C)(=O)=O. The third kappa shape index (κ3) is 7.55. The van der Waals surface area contributed by atoms with Gasteiger partial charge in [0.05, 0.1) is 11.9 Å². The summed E-state index contributed by atoms with van der Waals surface area (Å²) in [5.74, 6) is -1.63. The molecule has 3 aromatic rings. The van der Waals surface area contributed by atoms with E-state index in [4.69, 9.17) is 11.6 Å². The highest BCUT2D eigenvalue weighted by atomic mass is 35.5. The Morgan fingerprint density at radius 2 is 1.68 bits per heavy atom. The number of halogens is 2. The molecule has 1 N–H and O–H groups in total. The zero-order valence-electron chi connectivity index (χ0n) is 21.5. The van der Waals surface area contributed by atoms with E-state index in [2.05, 4.69) is 5.32 Å². The van der Waals surface area contributed by atoms with Crippen LogP contribution in [0.15, 0.2) is 72.8 Å². The van der Waals surface area contributed by atoms with Gasteiger partial charge in [0.25, 0.3) is 0 Å². The summed E-state index contributed by atoms with van der Waals surface area (Å²) in [4.78, 5) is 28.4. The molecule has 38 heavy (non-hydrogen) atoms. The van der Waals surface area contributed by atoms with Crippen molar-refractivity contribution in [1.82, 2.24) is 10.2 Å². The van der Waals surface area contributed by atoms with Gasteiger partial charge in [-0.2, -0.15) is 0 Å². The minimum absolute atomic E-state index is 0.155. The first-order valence-electron chi connectivity index (χ1n) is 12.1. The molecule has 3 aromatic carbocycles. The van der Waals surface area contributed by atoms with Crippen molar-refractivity contribution in [3.05, 3.63) is 100 Å². The van der Waals surface area contributed by atoms with E-state index in [-0.39, 0.29) is 24.2 Å². The predicted molar refractivity (Wildman–Crippen MR) is 148 cm³/mol. The van der Waals surface area contributed by atoms with Gasteiger partial charge in [0.15, 0.2) is 0 Å². The van der Waals surface area contributed by atoms with E-state index in [0.29, 0.717) is 11.6 Å². The number of likely N-dealkylation sites (N-methyl/N-ethyl adjacent to an activating group) is 1. The maximum atomic E-state index is 14.7. The number of rotatable bonds is 11. The molecular weight excluding hydrogens is 529 g/mol. The van der Waals surface area contributed by atoms with E-state index in [0.717, 1.165) is 21.7 Å². The van der Waals surface area contributed by atoms with Gasteiger partial charge in [-0.1, -0.05) is 66.2 Å². The van der Waals surface area contributed by atoms with E-state index >= 15 is 0 Å². The fourth-order valence-electron chi connectivity index (χ4n) is 4.01. The second kappa shape index (κ2) is 12.9. The number of carbonyl (C=O) groups excluding carboxylic acids is 2. The first-order chi connectivity index (χ1) is 18.0. The van der Waals surface area contributed by atoms with E-state index in [1.54, 1.807) is 32.0 Å². The molecule has 0 aliphatic heterocycles. The van der Waals surface area contributed by atoms with E-state index < -0.39 is 40.2 Å². The van der Waals surface area contributed by atoms with Crippen LogP contribution in [0.2, 0.25) is 5.02 Å².